The summed E-state index contributed by atoms with van der Waals surface area (Å²) >= 11 is 0. The molecule has 0 aromatic rings. The predicted molar refractivity (Wildman–Crippen MR) is 81.7 cm³/mol. The third kappa shape index (κ3) is 10.4. The van der Waals surface area contributed by atoms with Crippen molar-refractivity contribution in [2.75, 3.05) is 0 Å². The number of rotatable bonds is 9. The standard InChI is InChI=1S/C17H24O3/c1-3-5-6-7-10-13-16(19)17(20)14-11-8-9-12-15(18)4-2/h3-4,15-20H,1-2,5-7,10,13-14H2/t15-,16-,17-/m1/s1. The Morgan fingerprint density at radius 2 is 1.70 bits per heavy atom. The smallest absolute Gasteiger partial charge is 0.134 e. The van der Waals surface area contributed by atoms with Gasteiger partial charge in [-0.05, 0) is 31.1 Å². The van der Waals surface area contributed by atoms with Gasteiger partial charge in [0.2, 0.25) is 0 Å². The minimum Gasteiger partial charge on any atom is -0.390 e. The summed E-state index contributed by atoms with van der Waals surface area (Å²) in [6, 6.07) is 0. The second-order valence-corrected chi connectivity index (χ2v) is 4.52. The van der Waals surface area contributed by atoms with E-state index in [0.717, 1.165) is 25.7 Å². The summed E-state index contributed by atoms with van der Waals surface area (Å²) in [5.74, 6) is 10.1. The number of hydrogen-bond acceptors (Lipinski definition) is 3. The Morgan fingerprint density at radius 1 is 0.950 bits per heavy atom. The van der Waals surface area contributed by atoms with Gasteiger partial charge in [-0.25, -0.2) is 0 Å². The van der Waals surface area contributed by atoms with Crippen molar-refractivity contribution in [3.63, 3.8) is 0 Å². The van der Waals surface area contributed by atoms with E-state index in [9.17, 15) is 10.2 Å². The highest BCUT2D eigenvalue weighted by atomic mass is 16.3. The Labute approximate surface area is 122 Å². The second-order valence-electron chi connectivity index (χ2n) is 4.52. The molecule has 0 bridgehead atoms. The Kier molecular flexibility index (Phi) is 11.6. The molecule has 0 saturated carbocycles. The molecule has 3 nitrogen and oxygen atoms in total. The number of unbranched alkanes of at least 4 members (excludes halogenated alkanes) is 3. The molecule has 3 atom stereocenters. The maximum atomic E-state index is 9.73. The number of aliphatic hydroxyl groups excluding tert-OH is 3. The van der Waals surface area contributed by atoms with Crippen molar-refractivity contribution in [1.29, 1.82) is 0 Å². The molecule has 0 saturated heterocycles. The topological polar surface area (TPSA) is 60.7 Å². The quantitative estimate of drug-likeness (QED) is 0.342. The zero-order chi connectivity index (χ0) is 15.2. The van der Waals surface area contributed by atoms with Gasteiger partial charge in [-0.1, -0.05) is 43.4 Å². The molecule has 0 heterocycles. The van der Waals surface area contributed by atoms with Crippen LogP contribution in [0.3, 0.4) is 0 Å². The van der Waals surface area contributed by atoms with Crippen molar-refractivity contribution < 1.29 is 15.3 Å². The highest BCUT2D eigenvalue weighted by Gasteiger charge is 2.14. The number of allylic oxidation sites excluding steroid dienone is 1. The number of aliphatic hydroxyl groups is 3. The highest BCUT2D eigenvalue weighted by Crippen LogP contribution is 2.10. The van der Waals surface area contributed by atoms with Gasteiger partial charge in [0.1, 0.15) is 6.10 Å². The predicted octanol–water partition coefficient (Wildman–Crippen LogP) is 1.79. The van der Waals surface area contributed by atoms with Crippen LogP contribution in [0.1, 0.15) is 38.5 Å². The van der Waals surface area contributed by atoms with Gasteiger partial charge in [-0.2, -0.15) is 0 Å². The minimum atomic E-state index is -0.879. The maximum Gasteiger partial charge on any atom is 0.134 e. The van der Waals surface area contributed by atoms with E-state index in [1.54, 1.807) is 0 Å². The molecule has 0 radical (unpaired) electrons. The highest BCUT2D eigenvalue weighted by molar-refractivity contribution is 5.28. The third-order valence-corrected chi connectivity index (χ3v) is 2.76. The van der Waals surface area contributed by atoms with Crippen LogP contribution in [0.5, 0.6) is 0 Å². The molecular weight excluding hydrogens is 252 g/mol. The van der Waals surface area contributed by atoms with Crippen LogP contribution in [0, 0.1) is 23.7 Å². The SMILES string of the molecule is C=CCCCCC[C@@H](O)[C@H](O)CC#CC#C[C@H](O)C=C. The van der Waals surface area contributed by atoms with Crippen LogP contribution in [0.15, 0.2) is 25.3 Å². The normalized spacial score (nSPS) is 13.9. The average molecular weight is 276 g/mol. The summed E-state index contributed by atoms with van der Waals surface area (Å²) in [6.07, 6.45) is 5.39. The van der Waals surface area contributed by atoms with Gasteiger partial charge < -0.3 is 15.3 Å². The molecule has 0 amide bonds. The minimum absolute atomic E-state index is 0.173. The van der Waals surface area contributed by atoms with E-state index in [2.05, 4.69) is 36.8 Å². The third-order valence-electron chi connectivity index (χ3n) is 2.76. The average Bonchev–Trinajstić information content (AvgIpc) is 2.45. The first-order valence-electron chi connectivity index (χ1n) is 6.87. The monoisotopic (exact) mass is 276 g/mol. The van der Waals surface area contributed by atoms with E-state index in [1.807, 2.05) is 6.08 Å². The van der Waals surface area contributed by atoms with E-state index in [-0.39, 0.29) is 6.42 Å². The molecule has 3 N–H and O–H groups in total. The molecule has 110 valence electrons. The Balaban J connectivity index is 3.86. The summed E-state index contributed by atoms with van der Waals surface area (Å²) in [7, 11) is 0. The first-order valence-corrected chi connectivity index (χ1v) is 6.87. The van der Waals surface area contributed by atoms with Gasteiger partial charge in [-0.15, -0.1) is 6.58 Å². The first kappa shape index (κ1) is 18.5. The molecule has 0 spiro atoms. The van der Waals surface area contributed by atoms with Crippen LogP contribution in [-0.2, 0) is 0 Å². The van der Waals surface area contributed by atoms with Crippen LogP contribution in [0.25, 0.3) is 0 Å². The summed E-state index contributed by atoms with van der Waals surface area (Å²) in [5, 5.41) is 28.5. The van der Waals surface area contributed by atoms with Gasteiger partial charge >= 0.3 is 0 Å². The molecule has 0 rings (SSSR count). The van der Waals surface area contributed by atoms with Gasteiger partial charge in [0.25, 0.3) is 0 Å². The largest absolute Gasteiger partial charge is 0.390 e. The van der Waals surface area contributed by atoms with Gasteiger partial charge in [-0.3, -0.25) is 0 Å². The van der Waals surface area contributed by atoms with Crippen molar-refractivity contribution in [2.45, 2.75) is 56.8 Å². The second kappa shape index (κ2) is 12.5. The molecule has 20 heavy (non-hydrogen) atoms. The molecule has 0 aromatic carbocycles. The van der Waals surface area contributed by atoms with Gasteiger partial charge in [0.05, 0.1) is 12.2 Å². The Morgan fingerprint density at radius 3 is 2.35 bits per heavy atom. The fourth-order valence-corrected chi connectivity index (χ4v) is 1.52. The Hall–Kier alpha value is -1.52. The lowest BCUT2D eigenvalue weighted by atomic mass is 10.0. The summed E-state index contributed by atoms with van der Waals surface area (Å²) in [5.41, 5.74) is 0. The fraction of sp³-hybridized carbons (Fsp3) is 0.529. The van der Waals surface area contributed by atoms with Crippen LogP contribution in [0.4, 0.5) is 0 Å². The van der Waals surface area contributed by atoms with Gasteiger partial charge in [0.15, 0.2) is 0 Å². The van der Waals surface area contributed by atoms with E-state index in [1.165, 1.54) is 6.08 Å². The van der Waals surface area contributed by atoms with Crippen molar-refractivity contribution in [1.82, 2.24) is 0 Å². The van der Waals surface area contributed by atoms with Gasteiger partial charge in [0, 0.05) is 6.42 Å². The lowest BCUT2D eigenvalue weighted by Gasteiger charge is -2.15. The maximum absolute atomic E-state index is 9.73. The lowest BCUT2D eigenvalue weighted by molar-refractivity contribution is 0.0165. The molecule has 0 aliphatic heterocycles. The molecule has 3 heteroatoms. The van der Waals surface area contributed by atoms with Crippen molar-refractivity contribution in [3.05, 3.63) is 25.3 Å². The number of hydrogen-bond donors (Lipinski definition) is 3. The van der Waals surface area contributed by atoms with Crippen molar-refractivity contribution in [3.8, 4) is 23.7 Å². The van der Waals surface area contributed by atoms with E-state index in [4.69, 9.17) is 5.11 Å². The molecule has 0 unspecified atom stereocenters. The van der Waals surface area contributed by atoms with E-state index in [0.29, 0.717) is 6.42 Å². The molecule has 0 aliphatic carbocycles. The lowest BCUT2D eigenvalue weighted by Crippen LogP contribution is -2.25. The van der Waals surface area contributed by atoms with Crippen molar-refractivity contribution in [2.24, 2.45) is 0 Å². The Bertz CT molecular complexity index is 392. The first-order chi connectivity index (χ1) is 9.61. The van der Waals surface area contributed by atoms with Crippen LogP contribution < -0.4 is 0 Å². The summed E-state index contributed by atoms with van der Waals surface area (Å²) in [6.45, 7) is 7.03. The van der Waals surface area contributed by atoms with E-state index >= 15 is 0 Å². The fourth-order valence-electron chi connectivity index (χ4n) is 1.52. The molecule has 0 fully saturated rings. The van der Waals surface area contributed by atoms with Crippen LogP contribution in [0.2, 0.25) is 0 Å². The van der Waals surface area contributed by atoms with Crippen LogP contribution >= 0.6 is 0 Å². The molecule has 0 aliphatic rings. The summed E-state index contributed by atoms with van der Waals surface area (Å²) in [4.78, 5) is 0. The van der Waals surface area contributed by atoms with Crippen LogP contribution in [-0.4, -0.2) is 33.6 Å². The molecular formula is C17H24O3. The van der Waals surface area contributed by atoms with Crippen molar-refractivity contribution >= 4 is 0 Å². The zero-order valence-electron chi connectivity index (χ0n) is 11.9. The summed E-state index contributed by atoms with van der Waals surface area (Å²) < 4.78 is 0. The van der Waals surface area contributed by atoms with E-state index < -0.39 is 18.3 Å². The molecule has 0 aromatic heterocycles. The zero-order valence-corrected chi connectivity index (χ0v) is 11.9.